The fourth-order valence-corrected chi connectivity index (χ4v) is 6.05. The highest BCUT2D eigenvalue weighted by molar-refractivity contribution is 6.32. The molecule has 3 aromatic rings. The van der Waals surface area contributed by atoms with Gasteiger partial charge in [-0.05, 0) is 60.6 Å². The van der Waals surface area contributed by atoms with Crippen molar-refractivity contribution in [2.24, 2.45) is 5.92 Å². The summed E-state index contributed by atoms with van der Waals surface area (Å²) >= 11 is 6.56. The van der Waals surface area contributed by atoms with Crippen LogP contribution in [0.25, 0.3) is 5.65 Å². The van der Waals surface area contributed by atoms with E-state index in [9.17, 15) is 9.59 Å². The van der Waals surface area contributed by atoms with Gasteiger partial charge in [-0.3, -0.25) is 4.79 Å². The number of halogens is 1. The number of fused-ring (bicyclic) bond motifs is 1. The van der Waals surface area contributed by atoms with Crippen LogP contribution in [0.5, 0.6) is 0 Å². The second-order valence-electron chi connectivity index (χ2n) is 12.6. The fraction of sp³-hybridized carbons (Fsp3) is 0.567. The molecule has 2 aliphatic heterocycles. The molecule has 0 N–H and O–H groups in total. The van der Waals surface area contributed by atoms with Crippen LogP contribution in [0, 0.1) is 5.92 Å². The van der Waals surface area contributed by atoms with Crippen LogP contribution < -0.4 is 9.80 Å². The van der Waals surface area contributed by atoms with Gasteiger partial charge in [-0.1, -0.05) is 17.7 Å². The van der Waals surface area contributed by atoms with E-state index in [1.807, 2.05) is 79.4 Å². The summed E-state index contributed by atoms with van der Waals surface area (Å²) in [5, 5.41) is 0.447. The summed E-state index contributed by atoms with van der Waals surface area (Å²) in [5.41, 5.74) is 0.729. The SMILES string of the molecule is CCN(C(=O)C1CN(c2nc(N3CCN(C(=O)OC(C)(C)C)C[C@@H]3C)ncc2Cl)C1)C(C)(C)c1cnc2ccccn12. The zero-order chi connectivity index (χ0) is 30.4. The molecule has 0 radical (unpaired) electrons. The monoisotopic (exact) mass is 596 g/mol. The van der Waals surface area contributed by atoms with Gasteiger partial charge in [-0.15, -0.1) is 0 Å². The Bertz CT molecular complexity index is 1460. The molecule has 2 fully saturated rings. The molecule has 11 nitrogen and oxygen atoms in total. The van der Waals surface area contributed by atoms with Crippen LogP contribution in [0.1, 0.15) is 54.2 Å². The number of pyridine rings is 1. The summed E-state index contributed by atoms with van der Waals surface area (Å²) in [6.07, 6.45) is 5.15. The van der Waals surface area contributed by atoms with Gasteiger partial charge in [-0.2, -0.15) is 4.98 Å². The predicted molar refractivity (Wildman–Crippen MR) is 163 cm³/mol. The molecule has 12 heteroatoms. The van der Waals surface area contributed by atoms with E-state index in [0.29, 0.717) is 56.1 Å². The molecule has 5 rings (SSSR count). The van der Waals surface area contributed by atoms with Gasteiger partial charge in [0, 0.05) is 51.5 Å². The van der Waals surface area contributed by atoms with E-state index in [-0.39, 0.29) is 24.0 Å². The molecule has 2 amide bonds. The lowest BCUT2D eigenvalue weighted by Crippen LogP contribution is -2.58. The molecule has 1 atom stereocenters. The average Bonchev–Trinajstić information content (AvgIpc) is 3.33. The van der Waals surface area contributed by atoms with Gasteiger partial charge >= 0.3 is 6.09 Å². The molecule has 3 aromatic heterocycles. The number of rotatable bonds is 6. The van der Waals surface area contributed by atoms with Crippen molar-refractivity contribution in [3.05, 3.63) is 47.5 Å². The number of hydrogen-bond acceptors (Lipinski definition) is 8. The molecule has 226 valence electrons. The Morgan fingerprint density at radius 2 is 1.81 bits per heavy atom. The second-order valence-corrected chi connectivity index (χ2v) is 13.0. The number of piperazine rings is 1. The van der Waals surface area contributed by atoms with Crippen molar-refractivity contribution in [3.8, 4) is 0 Å². The number of hydrogen-bond donors (Lipinski definition) is 0. The van der Waals surface area contributed by atoms with Crippen LogP contribution in [0.3, 0.4) is 0 Å². The molecule has 5 heterocycles. The van der Waals surface area contributed by atoms with Crippen molar-refractivity contribution in [1.29, 1.82) is 0 Å². The number of carbonyl (C=O) groups excluding carboxylic acids is 2. The Morgan fingerprint density at radius 3 is 2.48 bits per heavy atom. The van der Waals surface area contributed by atoms with Crippen molar-refractivity contribution in [2.75, 3.05) is 49.1 Å². The third kappa shape index (κ3) is 5.71. The van der Waals surface area contributed by atoms with Crippen molar-refractivity contribution in [1.82, 2.24) is 29.2 Å². The maximum Gasteiger partial charge on any atom is 0.410 e. The van der Waals surface area contributed by atoms with Gasteiger partial charge in [0.15, 0.2) is 5.82 Å². The zero-order valence-electron chi connectivity index (χ0n) is 25.5. The lowest BCUT2D eigenvalue weighted by atomic mass is 9.92. The molecule has 0 aromatic carbocycles. The molecular weight excluding hydrogens is 556 g/mol. The predicted octanol–water partition coefficient (Wildman–Crippen LogP) is 4.44. The molecule has 0 bridgehead atoms. The first-order chi connectivity index (χ1) is 19.8. The summed E-state index contributed by atoms with van der Waals surface area (Å²) in [7, 11) is 0. The number of ether oxygens (including phenoxy) is 1. The van der Waals surface area contributed by atoms with Gasteiger partial charge in [0.1, 0.15) is 16.3 Å². The zero-order valence-corrected chi connectivity index (χ0v) is 26.3. The largest absolute Gasteiger partial charge is 0.444 e. The van der Waals surface area contributed by atoms with Crippen LogP contribution >= 0.6 is 11.6 Å². The van der Waals surface area contributed by atoms with E-state index in [1.54, 1.807) is 11.1 Å². The quantitative estimate of drug-likeness (QED) is 0.412. The van der Waals surface area contributed by atoms with Crippen LogP contribution in [0.4, 0.5) is 16.6 Å². The van der Waals surface area contributed by atoms with Crippen molar-refractivity contribution in [3.63, 3.8) is 0 Å². The van der Waals surface area contributed by atoms with Crippen LogP contribution in [-0.2, 0) is 15.1 Å². The molecule has 0 aliphatic carbocycles. The third-order valence-corrected chi connectivity index (χ3v) is 8.35. The third-order valence-electron chi connectivity index (χ3n) is 8.08. The lowest BCUT2D eigenvalue weighted by Gasteiger charge is -2.45. The molecule has 0 saturated carbocycles. The number of imidazole rings is 1. The smallest absolute Gasteiger partial charge is 0.410 e. The highest BCUT2D eigenvalue weighted by Crippen LogP contribution is 2.35. The van der Waals surface area contributed by atoms with Crippen LogP contribution in [0.2, 0.25) is 5.02 Å². The highest BCUT2D eigenvalue weighted by atomic mass is 35.5. The van der Waals surface area contributed by atoms with Gasteiger partial charge in [-0.25, -0.2) is 14.8 Å². The maximum absolute atomic E-state index is 13.8. The van der Waals surface area contributed by atoms with Gasteiger partial charge in [0.25, 0.3) is 0 Å². The standard InChI is InChI=1S/C30H41ClN8O3/c1-8-39(30(6,7)23-16-32-24-11-9-10-12-38(23)24)26(40)21-18-36(19-21)25-22(31)15-33-27(34-25)37-14-13-35(17-20(37)2)28(41)42-29(3,4)5/h9-12,15-16,20-21H,8,13-14,17-19H2,1-7H3/t20-/m0/s1. The Balaban J connectivity index is 1.25. The number of amides is 2. The van der Waals surface area contributed by atoms with Gasteiger partial charge in [0.05, 0.1) is 29.5 Å². The van der Waals surface area contributed by atoms with E-state index >= 15 is 0 Å². The number of carbonyl (C=O) groups is 2. The molecule has 2 aliphatic rings. The van der Waals surface area contributed by atoms with Crippen LogP contribution in [0.15, 0.2) is 36.8 Å². The van der Waals surface area contributed by atoms with Crippen LogP contribution in [-0.4, -0.2) is 92.1 Å². The second kappa shape index (κ2) is 11.2. The molecule has 0 spiro atoms. The minimum atomic E-state index is -0.551. The number of nitrogens with zero attached hydrogens (tertiary/aromatic N) is 8. The molecule has 2 saturated heterocycles. The topological polar surface area (TPSA) is 99.4 Å². The maximum atomic E-state index is 13.8. The summed E-state index contributed by atoms with van der Waals surface area (Å²) < 4.78 is 7.59. The Hall–Kier alpha value is -3.60. The van der Waals surface area contributed by atoms with Gasteiger partial charge < -0.3 is 28.7 Å². The first kappa shape index (κ1) is 29.9. The summed E-state index contributed by atoms with van der Waals surface area (Å²) in [4.78, 5) is 48.0. The minimum absolute atomic E-state index is 0.00835. The average molecular weight is 597 g/mol. The van der Waals surface area contributed by atoms with Gasteiger partial charge in [0.2, 0.25) is 11.9 Å². The molecular formula is C30H41ClN8O3. The van der Waals surface area contributed by atoms with Crippen molar-refractivity contribution >= 4 is 41.0 Å². The Morgan fingerprint density at radius 1 is 1.07 bits per heavy atom. The van der Waals surface area contributed by atoms with Crippen molar-refractivity contribution < 1.29 is 14.3 Å². The Kier molecular flexibility index (Phi) is 8.00. The van der Waals surface area contributed by atoms with E-state index in [2.05, 4.69) is 28.7 Å². The fourth-order valence-electron chi connectivity index (χ4n) is 5.83. The summed E-state index contributed by atoms with van der Waals surface area (Å²) in [6.45, 7) is 17.0. The molecule has 42 heavy (non-hydrogen) atoms. The number of anilines is 2. The Labute approximate surface area is 252 Å². The number of aromatic nitrogens is 4. The summed E-state index contributed by atoms with van der Waals surface area (Å²) in [5.74, 6) is 1.11. The first-order valence-electron chi connectivity index (χ1n) is 14.6. The van der Waals surface area contributed by atoms with E-state index in [0.717, 1.165) is 11.3 Å². The molecule has 0 unspecified atom stereocenters. The minimum Gasteiger partial charge on any atom is -0.444 e. The van der Waals surface area contributed by atoms with E-state index in [4.69, 9.17) is 21.3 Å². The van der Waals surface area contributed by atoms with Crippen molar-refractivity contribution in [2.45, 2.75) is 65.6 Å². The first-order valence-corrected chi connectivity index (χ1v) is 14.9. The van der Waals surface area contributed by atoms with E-state index in [1.165, 1.54) is 0 Å². The summed E-state index contributed by atoms with van der Waals surface area (Å²) in [6, 6.07) is 5.88. The normalized spacial score (nSPS) is 18.3. The van der Waals surface area contributed by atoms with E-state index < -0.39 is 11.1 Å². The highest BCUT2D eigenvalue weighted by Gasteiger charge is 2.42. The lowest BCUT2D eigenvalue weighted by molar-refractivity contribution is -0.142.